The first-order chi connectivity index (χ1) is 8.85. The van der Waals surface area contributed by atoms with E-state index < -0.39 is 46.3 Å². The van der Waals surface area contributed by atoms with Gasteiger partial charge in [0.15, 0.2) is 0 Å². The lowest BCUT2D eigenvalue weighted by molar-refractivity contribution is -0.126. The van der Waals surface area contributed by atoms with E-state index in [1.807, 2.05) is 0 Å². The Balaban J connectivity index is 3.20. The van der Waals surface area contributed by atoms with Crippen molar-refractivity contribution in [2.24, 2.45) is 0 Å². The smallest absolute Gasteiger partial charge is 0.307 e. The van der Waals surface area contributed by atoms with Crippen LogP contribution in [0.3, 0.4) is 0 Å². The molecule has 0 aliphatic carbocycles. The second-order valence-corrected chi connectivity index (χ2v) is 5.30. The van der Waals surface area contributed by atoms with Crippen molar-refractivity contribution in [3.05, 3.63) is 11.3 Å². The van der Waals surface area contributed by atoms with Gasteiger partial charge in [-0.25, -0.2) is 0 Å². The summed E-state index contributed by atoms with van der Waals surface area (Å²) in [6.07, 6.45) is -0.987. The van der Waals surface area contributed by atoms with Gasteiger partial charge in [-0.2, -0.15) is 24.2 Å². The molecule has 9 heteroatoms. The molecule has 0 N–H and O–H groups in total. The van der Waals surface area contributed by atoms with E-state index in [0.717, 1.165) is 4.90 Å². The predicted octanol–water partition coefficient (Wildman–Crippen LogP) is 0.102. The van der Waals surface area contributed by atoms with Crippen LogP contribution in [-0.4, -0.2) is 31.0 Å². The van der Waals surface area contributed by atoms with Gasteiger partial charge < -0.3 is 4.90 Å². The van der Waals surface area contributed by atoms with Gasteiger partial charge in [-0.15, -0.1) is 3.89 Å². The van der Waals surface area contributed by atoms with Crippen LogP contribution >= 0.6 is 0 Å². The van der Waals surface area contributed by atoms with E-state index in [2.05, 4.69) is 0 Å². The fourth-order valence-corrected chi connectivity index (χ4v) is 2.34. The number of rotatable bonds is 3. The summed E-state index contributed by atoms with van der Waals surface area (Å²) in [6, 6.07) is 4.71. The van der Waals surface area contributed by atoms with Gasteiger partial charge in [-0.05, 0) is 0 Å². The van der Waals surface area contributed by atoms with Gasteiger partial charge in [0.2, 0.25) is 5.91 Å². The molecule has 1 unspecified atom stereocenters. The molecule has 0 aromatic heterocycles. The highest BCUT2D eigenvalue weighted by Gasteiger charge is 2.40. The first-order valence-electron chi connectivity index (χ1n) is 4.99. The standard InChI is InChI=1S/C10H7FN4O3S/c11-19(17,18)8-3-10(16)15(6-8)9(1-2-12)7(4-13)5-14/h8H,1,3,6H2. The van der Waals surface area contributed by atoms with Gasteiger partial charge in [0, 0.05) is 13.0 Å². The summed E-state index contributed by atoms with van der Waals surface area (Å²) in [5.74, 6) is -0.737. The van der Waals surface area contributed by atoms with Crippen LogP contribution in [0.5, 0.6) is 0 Å². The molecule has 98 valence electrons. The molecule has 1 aliphatic rings. The third-order valence-electron chi connectivity index (χ3n) is 2.57. The number of hydrogen-bond donors (Lipinski definition) is 0. The maximum absolute atomic E-state index is 12.8. The van der Waals surface area contributed by atoms with Crippen LogP contribution in [0, 0.1) is 34.0 Å². The van der Waals surface area contributed by atoms with E-state index in [-0.39, 0.29) is 5.70 Å². The van der Waals surface area contributed by atoms with Gasteiger partial charge in [-0.1, -0.05) is 0 Å². The molecule has 0 aromatic rings. The maximum atomic E-state index is 12.8. The minimum absolute atomic E-state index is 0.191. The first kappa shape index (κ1) is 14.6. The van der Waals surface area contributed by atoms with E-state index in [1.54, 1.807) is 6.07 Å². The lowest BCUT2D eigenvalue weighted by Crippen LogP contribution is -2.27. The zero-order valence-corrected chi connectivity index (χ0v) is 10.3. The number of likely N-dealkylation sites (tertiary alicyclic amines) is 1. The Bertz CT molecular complexity index is 646. The quantitative estimate of drug-likeness (QED) is 0.533. The lowest BCUT2D eigenvalue weighted by atomic mass is 10.2. The van der Waals surface area contributed by atoms with Crippen LogP contribution < -0.4 is 0 Å². The Morgan fingerprint density at radius 1 is 1.37 bits per heavy atom. The summed E-state index contributed by atoms with van der Waals surface area (Å²) in [4.78, 5) is 12.4. The second-order valence-electron chi connectivity index (χ2n) is 3.69. The number of hydrogen-bond acceptors (Lipinski definition) is 6. The van der Waals surface area contributed by atoms with Gasteiger partial charge in [-0.3, -0.25) is 4.79 Å². The number of halogens is 1. The normalized spacial score (nSPS) is 18.3. The fraction of sp³-hybridized carbons (Fsp3) is 0.400. The highest BCUT2D eigenvalue weighted by Crippen LogP contribution is 2.26. The molecule has 0 saturated carbocycles. The van der Waals surface area contributed by atoms with Crippen molar-refractivity contribution in [2.75, 3.05) is 6.54 Å². The molecule has 1 saturated heterocycles. The number of allylic oxidation sites excluding steroid dienone is 2. The van der Waals surface area contributed by atoms with Crippen LogP contribution in [0.1, 0.15) is 12.8 Å². The lowest BCUT2D eigenvalue weighted by Gasteiger charge is -2.17. The SMILES string of the molecule is N#CCC(=C(C#N)C#N)N1CC(S(=O)(=O)F)CC1=O. The summed E-state index contributed by atoms with van der Waals surface area (Å²) in [5, 5.41) is 24.5. The van der Waals surface area contributed by atoms with E-state index in [1.165, 1.54) is 12.1 Å². The van der Waals surface area contributed by atoms with Crippen molar-refractivity contribution in [3.63, 3.8) is 0 Å². The summed E-state index contributed by atoms with van der Waals surface area (Å²) in [5.41, 5.74) is -0.657. The molecule has 1 atom stereocenters. The molecule has 1 heterocycles. The zero-order valence-electron chi connectivity index (χ0n) is 9.50. The molecule has 1 fully saturated rings. The molecule has 1 amide bonds. The van der Waals surface area contributed by atoms with Gasteiger partial charge >= 0.3 is 10.2 Å². The number of nitrogens with zero attached hydrogens (tertiary/aromatic N) is 4. The first-order valence-corrected chi connectivity index (χ1v) is 6.44. The van der Waals surface area contributed by atoms with Crippen LogP contribution in [0.4, 0.5) is 3.89 Å². The largest absolute Gasteiger partial charge is 0.312 e. The average molecular weight is 282 g/mol. The Kier molecular flexibility index (Phi) is 4.21. The van der Waals surface area contributed by atoms with Gasteiger partial charge in [0.1, 0.15) is 23.0 Å². The molecule has 0 spiro atoms. The summed E-state index contributed by atoms with van der Waals surface area (Å²) < 4.78 is 34.4. The minimum Gasteiger partial charge on any atom is -0.312 e. The molecule has 1 rings (SSSR count). The summed E-state index contributed by atoms with van der Waals surface area (Å²) >= 11 is 0. The average Bonchev–Trinajstić information content (AvgIpc) is 2.71. The van der Waals surface area contributed by atoms with Gasteiger partial charge in [0.25, 0.3) is 0 Å². The molecular weight excluding hydrogens is 275 g/mol. The highest BCUT2D eigenvalue weighted by atomic mass is 32.3. The van der Waals surface area contributed by atoms with Crippen LogP contribution in [0.2, 0.25) is 0 Å². The Morgan fingerprint density at radius 2 is 1.95 bits per heavy atom. The van der Waals surface area contributed by atoms with Crippen molar-refractivity contribution >= 4 is 16.1 Å². The predicted molar refractivity (Wildman–Crippen MR) is 58.6 cm³/mol. The fourth-order valence-electron chi connectivity index (χ4n) is 1.67. The zero-order chi connectivity index (χ0) is 14.6. The molecule has 7 nitrogen and oxygen atoms in total. The van der Waals surface area contributed by atoms with Crippen molar-refractivity contribution in [1.29, 1.82) is 15.8 Å². The highest BCUT2D eigenvalue weighted by molar-refractivity contribution is 7.87. The Morgan fingerprint density at radius 3 is 2.32 bits per heavy atom. The van der Waals surface area contributed by atoms with Crippen molar-refractivity contribution in [2.45, 2.75) is 18.1 Å². The van der Waals surface area contributed by atoms with Crippen molar-refractivity contribution in [3.8, 4) is 18.2 Å². The van der Waals surface area contributed by atoms with E-state index >= 15 is 0 Å². The van der Waals surface area contributed by atoms with E-state index in [0.29, 0.717) is 0 Å². The number of nitriles is 3. The number of amides is 1. The number of carbonyl (C=O) groups excluding carboxylic acids is 1. The second kappa shape index (κ2) is 5.47. The molecule has 0 radical (unpaired) electrons. The van der Waals surface area contributed by atoms with Crippen LogP contribution in [0.15, 0.2) is 11.3 Å². The van der Waals surface area contributed by atoms with Crippen molar-refractivity contribution < 1.29 is 17.1 Å². The maximum Gasteiger partial charge on any atom is 0.307 e. The monoisotopic (exact) mass is 282 g/mol. The molecule has 0 aromatic carbocycles. The topological polar surface area (TPSA) is 126 Å². The molecule has 1 aliphatic heterocycles. The minimum atomic E-state index is -4.89. The Labute approximate surface area is 109 Å². The third kappa shape index (κ3) is 3.06. The number of carbonyl (C=O) groups is 1. The third-order valence-corrected chi connectivity index (χ3v) is 3.68. The van der Waals surface area contributed by atoms with E-state index in [4.69, 9.17) is 15.8 Å². The van der Waals surface area contributed by atoms with E-state index in [9.17, 15) is 17.1 Å². The molecular formula is C10H7FN4O3S. The van der Waals surface area contributed by atoms with Crippen LogP contribution in [-0.2, 0) is 15.0 Å². The summed E-state index contributed by atoms with van der Waals surface area (Å²) in [6.45, 7) is -0.498. The molecule has 19 heavy (non-hydrogen) atoms. The van der Waals surface area contributed by atoms with Crippen LogP contribution in [0.25, 0.3) is 0 Å². The summed E-state index contributed by atoms with van der Waals surface area (Å²) in [7, 11) is -4.89. The molecule has 0 bridgehead atoms. The van der Waals surface area contributed by atoms with Gasteiger partial charge in [0.05, 0.1) is 18.2 Å². The Hall–Kier alpha value is -2.44. The van der Waals surface area contributed by atoms with Crippen molar-refractivity contribution in [1.82, 2.24) is 4.90 Å².